The molecule has 0 fully saturated rings. The number of aliphatic imine (C=N–C) groups is 2. The summed E-state index contributed by atoms with van der Waals surface area (Å²) < 4.78 is 0. The van der Waals surface area contributed by atoms with Crippen LogP contribution >= 0.6 is 0 Å². The van der Waals surface area contributed by atoms with Crippen molar-refractivity contribution in [1.82, 2.24) is 5.06 Å². The minimum atomic E-state index is 0.311. The summed E-state index contributed by atoms with van der Waals surface area (Å²) in [6.07, 6.45) is 0. The van der Waals surface area contributed by atoms with Crippen LogP contribution in [0.5, 0.6) is 0 Å². The highest BCUT2D eigenvalue weighted by Gasteiger charge is 2.09. The second-order valence-electron chi connectivity index (χ2n) is 1.88. The van der Waals surface area contributed by atoms with Crippen LogP contribution in [0.25, 0.3) is 0 Å². The van der Waals surface area contributed by atoms with E-state index in [0.29, 0.717) is 12.6 Å². The number of amidine groups is 1. The van der Waals surface area contributed by atoms with Crippen LogP contribution in [-0.2, 0) is 4.84 Å². The van der Waals surface area contributed by atoms with E-state index in [2.05, 4.69) is 9.98 Å². The molecule has 0 unspecified atom stereocenters. The normalized spacial score (nSPS) is 18.4. The number of nitrogens with two attached hydrogens (primary N) is 1. The molecule has 0 aromatic rings. The van der Waals surface area contributed by atoms with Crippen molar-refractivity contribution in [2.75, 3.05) is 13.8 Å². The van der Waals surface area contributed by atoms with Crippen LogP contribution in [-0.4, -0.2) is 30.6 Å². The largest absolute Gasteiger partial charge is 0.368 e. The minimum Gasteiger partial charge on any atom is -0.368 e. The number of nitrogens with zero attached hydrogens (tertiary/aromatic N) is 3. The highest BCUT2D eigenvalue weighted by Crippen LogP contribution is 1.97. The maximum absolute atomic E-state index is 5.32. The van der Waals surface area contributed by atoms with Crippen molar-refractivity contribution in [2.24, 2.45) is 15.7 Å². The van der Waals surface area contributed by atoms with Crippen molar-refractivity contribution in [3.05, 3.63) is 0 Å². The molecule has 1 aliphatic rings. The molecule has 5 nitrogen and oxygen atoms in total. The van der Waals surface area contributed by atoms with E-state index >= 15 is 0 Å². The van der Waals surface area contributed by atoms with E-state index < -0.39 is 0 Å². The van der Waals surface area contributed by atoms with E-state index in [1.54, 1.807) is 12.2 Å². The fourth-order valence-electron chi connectivity index (χ4n) is 0.686. The summed E-state index contributed by atoms with van der Waals surface area (Å²) in [7, 11) is 1.57. The van der Waals surface area contributed by atoms with Crippen LogP contribution in [0.4, 0.5) is 0 Å². The molecule has 10 heavy (non-hydrogen) atoms. The second-order valence-corrected chi connectivity index (χ2v) is 1.88. The molecule has 1 heterocycles. The summed E-state index contributed by atoms with van der Waals surface area (Å²) in [5.74, 6) is 1.04. The van der Waals surface area contributed by atoms with Gasteiger partial charge in [0.25, 0.3) is 0 Å². The lowest BCUT2D eigenvalue weighted by Crippen LogP contribution is -2.34. The standard InChI is InChI=1S/C5H10N4O/c1-4-8-5(6)7-3-9(4)10-2/h3H2,1-2H3,(H2,6,7). The van der Waals surface area contributed by atoms with Crippen LogP contribution in [0, 0.1) is 0 Å². The molecule has 0 spiro atoms. The maximum atomic E-state index is 5.32. The maximum Gasteiger partial charge on any atom is 0.218 e. The molecule has 0 aromatic carbocycles. The topological polar surface area (TPSA) is 63.2 Å². The SMILES string of the molecule is CON1CN=C(N)N=C1C. The summed E-state index contributed by atoms with van der Waals surface area (Å²) in [4.78, 5) is 12.6. The average Bonchev–Trinajstić information content (AvgIpc) is 1.88. The van der Waals surface area contributed by atoms with Gasteiger partial charge in [0.15, 0.2) is 0 Å². The van der Waals surface area contributed by atoms with Gasteiger partial charge >= 0.3 is 0 Å². The van der Waals surface area contributed by atoms with Gasteiger partial charge in [-0.1, -0.05) is 0 Å². The summed E-state index contributed by atoms with van der Waals surface area (Å²) >= 11 is 0. The zero-order valence-corrected chi connectivity index (χ0v) is 6.03. The van der Waals surface area contributed by atoms with Gasteiger partial charge in [-0.25, -0.2) is 10.1 Å². The van der Waals surface area contributed by atoms with Gasteiger partial charge in [0, 0.05) is 0 Å². The number of rotatable bonds is 1. The van der Waals surface area contributed by atoms with Gasteiger partial charge in [-0.05, 0) is 6.92 Å². The summed E-state index contributed by atoms with van der Waals surface area (Å²) in [6.45, 7) is 2.24. The molecule has 5 heteroatoms. The third-order valence-electron chi connectivity index (χ3n) is 1.22. The third-order valence-corrected chi connectivity index (χ3v) is 1.22. The van der Waals surface area contributed by atoms with Crippen molar-refractivity contribution in [3.63, 3.8) is 0 Å². The van der Waals surface area contributed by atoms with Crippen molar-refractivity contribution >= 4 is 11.8 Å². The molecular formula is C5H10N4O. The Morgan fingerprint density at radius 1 is 1.70 bits per heavy atom. The summed E-state index contributed by atoms with van der Waals surface area (Å²) in [6, 6.07) is 0. The predicted molar refractivity (Wildman–Crippen MR) is 38.4 cm³/mol. The highest BCUT2D eigenvalue weighted by molar-refractivity contribution is 5.95. The molecule has 56 valence electrons. The lowest BCUT2D eigenvalue weighted by atomic mass is 10.6. The highest BCUT2D eigenvalue weighted by atomic mass is 16.7. The molecule has 1 rings (SSSR count). The third kappa shape index (κ3) is 1.24. The molecule has 0 aliphatic carbocycles. The Bertz CT molecular complexity index is 186. The fraction of sp³-hybridized carbons (Fsp3) is 0.600. The van der Waals surface area contributed by atoms with Crippen molar-refractivity contribution in [2.45, 2.75) is 6.92 Å². The van der Waals surface area contributed by atoms with Crippen molar-refractivity contribution in [1.29, 1.82) is 0 Å². The molecule has 0 saturated heterocycles. The first kappa shape index (κ1) is 7.01. The van der Waals surface area contributed by atoms with E-state index in [1.807, 2.05) is 6.92 Å². The Kier molecular flexibility index (Phi) is 1.86. The molecule has 0 bridgehead atoms. The Labute approximate surface area is 59.2 Å². The predicted octanol–water partition coefficient (Wildman–Crippen LogP) is -0.446. The zero-order valence-electron chi connectivity index (χ0n) is 6.03. The van der Waals surface area contributed by atoms with E-state index in [1.165, 1.54) is 0 Å². The lowest BCUT2D eigenvalue weighted by molar-refractivity contribution is -0.0639. The fourth-order valence-corrected chi connectivity index (χ4v) is 0.686. The first-order valence-electron chi connectivity index (χ1n) is 2.91. The monoisotopic (exact) mass is 142 g/mol. The quantitative estimate of drug-likeness (QED) is 0.539. The molecule has 0 aromatic heterocycles. The van der Waals surface area contributed by atoms with Crippen molar-refractivity contribution < 1.29 is 4.84 Å². The second kappa shape index (κ2) is 2.66. The molecule has 0 atom stereocenters. The van der Waals surface area contributed by atoms with E-state index in [-0.39, 0.29) is 0 Å². The lowest BCUT2D eigenvalue weighted by Gasteiger charge is -2.21. The van der Waals surface area contributed by atoms with Gasteiger partial charge in [-0.15, -0.1) is 0 Å². The van der Waals surface area contributed by atoms with Gasteiger partial charge in [0.05, 0.1) is 7.11 Å². The van der Waals surface area contributed by atoms with Gasteiger partial charge < -0.3 is 5.73 Å². The van der Waals surface area contributed by atoms with Crippen LogP contribution in [0.1, 0.15) is 6.92 Å². The zero-order chi connectivity index (χ0) is 7.56. The smallest absolute Gasteiger partial charge is 0.218 e. The number of hydrogen-bond acceptors (Lipinski definition) is 5. The van der Waals surface area contributed by atoms with Crippen LogP contribution in [0.15, 0.2) is 9.98 Å². The Hall–Kier alpha value is -1.10. The number of hydrogen-bond donors (Lipinski definition) is 1. The first-order chi connectivity index (χ1) is 4.74. The van der Waals surface area contributed by atoms with Crippen LogP contribution < -0.4 is 5.73 Å². The van der Waals surface area contributed by atoms with Crippen molar-refractivity contribution in [3.8, 4) is 0 Å². The molecule has 0 saturated carbocycles. The van der Waals surface area contributed by atoms with E-state index in [9.17, 15) is 0 Å². The molecule has 0 amide bonds. The van der Waals surface area contributed by atoms with E-state index in [4.69, 9.17) is 10.6 Å². The Balaban J connectivity index is 2.68. The summed E-state index contributed by atoms with van der Waals surface area (Å²) in [5.41, 5.74) is 5.32. The minimum absolute atomic E-state index is 0.311. The number of guanidine groups is 1. The van der Waals surface area contributed by atoms with Crippen LogP contribution in [0.3, 0.4) is 0 Å². The van der Waals surface area contributed by atoms with Gasteiger partial charge in [-0.3, -0.25) is 4.84 Å². The Morgan fingerprint density at radius 3 is 2.90 bits per heavy atom. The number of hydroxylamine groups is 2. The molecule has 0 radical (unpaired) electrons. The van der Waals surface area contributed by atoms with Crippen LogP contribution in [0.2, 0.25) is 0 Å². The van der Waals surface area contributed by atoms with Gasteiger partial charge in [-0.2, -0.15) is 4.99 Å². The summed E-state index contributed by atoms with van der Waals surface area (Å²) in [5, 5.41) is 1.55. The molecular weight excluding hydrogens is 132 g/mol. The van der Waals surface area contributed by atoms with Gasteiger partial charge in [0.1, 0.15) is 12.5 Å². The Morgan fingerprint density at radius 2 is 2.40 bits per heavy atom. The van der Waals surface area contributed by atoms with Gasteiger partial charge in [0.2, 0.25) is 5.96 Å². The molecule has 2 N–H and O–H groups in total. The van der Waals surface area contributed by atoms with E-state index in [0.717, 1.165) is 5.84 Å². The first-order valence-corrected chi connectivity index (χ1v) is 2.91. The molecule has 1 aliphatic heterocycles. The average molecular weight is 142 g/mol.